The van der Waals surface area contributed by atoms with Crippen LogP contribution in [0.3, 0.4) is 0 Å². The zero-order valence-corrected chi connectivity index (χ0v) is 9.43. The van der Waals surface area contributed by atoms with Gasteiger partial charge in [0.1, 0.15) is 12.4 Å². The molecular weight excluding hydrogens is 212 g/mol. The molecule has 0 aliphatic heterocycles. The van der Waals surface area contributed by atoms with Gasteiger partial charge < -0.3 is 4.74 Å². The minimum atomic E-state index is 0.00199. The van der Waals surface area contributed by atoms with E-state index in [1.807, 2.05) is 30.3 Å². The summed E-state index contributed by atoms with van der Waals surface area (Å²) in [6, 6.07) is 14.5. The van der Waals surface area contributed by atoms with Crippen molar-refractivity contribution in [2.45, 2.75) is 0 Å². The second-order valence-electron chi connectivity index (χ2n) is 3.59. The van der Waals surface area contributed by atoms with Gasteiger partial charge in [-0.2, -0.15) is 0 Å². The summed E-state index contributed by atoms with van der Waals surface area (Å²) < 4.78 is 5.54. The van der Waals surface area contributed by atoms with Gasteiger partial charge in [-0.25, -0.2) is 0 Å². The molecule has 0 unspecified atom stereocenters. The average Bonchev–Trinajstić information content (AvgIpc) is 2.37. The lowest BCUT2D eigenvalue weighted by atomic mass is 10.0. The van der Waals surface area contributed by atoms with Crippen LogP contribution in [0.15, 0.2) is 61.2 Å². The van der Waals surface area contributed by atoms with E-state index in [4.69, 9.17) is 4.74 Å². The van der Waals surface area contributed by atoms with E-state index in [0.29, 0.717) is 17.9 Å². The maximum atomic E-state index is 11.8. The van der Waals surface area contributed by atoms with Gasteiger partial charge in [0.25, 0.3) is 0 Å². The number of rotatable bonds is 4. The molecule has 2 rings (SSSR count). The van der Waals surface area contributed by atoms with E-state index < -0.39 is 0 Å². The van der Waals surface area contributed by atoms with Crippen LogP contribution in [0, 0.1) is 0 Å². The predicted molar refractivity (Wildman–Crippen MR) is 67.7 cm³/mol. The van der Waals surface area contributed by atoms with Gasteiger partial charge in [0.05, 0.1) is 0 Å². The van der Waals surface area contributed by atoms with Crippen molar-refractivity contribution in [1.29, 1.82) is 0 Å². The zero-order chi connectivity index (χ0) is 12.1. The van der Waals surface area contributed by atoms with Crippen molar-refractivity contribution in [1.82, 2.24) is 0 Å². The van der Waals surface area contributed by atoms with Crippen LogP contribution >= 0.6 is 0 Å². The molecule has 85 valence electrons. The Morgan fingerprint density at radius 1 is 1.00 bits per heavy atom. The Morgan fingerprint density at radius 2 is 1.65 bits per heavy atom. The predicted octanol–water partition coefficient (Wildman–Crippen LogP) is 4.06. The molecule has 0 spiro atoms. The van der Waals surface area contributed by atoms with Crippen LogP contribution in [0.5, 0.6) is 11.5 Å². The van der Waals surface area contributed by atoms with Crippen molar-refractivity contribution < 1.29 is 9.84 Å². The first-order valence-electron chi connectivity index (χ1n) is 5.42. The second-order valence-corrected chi connectivity index (χ2v) is 3.59. The van der Waals surface area contributed by atoms with Gasteiger partial charge in [0.15, 0.2) is 5.75 Å². The van der Waals surface area contributed by atoms with E-state index in [1.54, 1.807) is 24.3 Å². The number of benzene rings is 2. The van der Waals surface area contributed by atoms with E-state index in [-0.39, 0.29) is 5.75 Å². The van der Waals surface area contributed by atoms with E-state index >= 15 is 0 Å². The van der Waals surface area contributed by atoms with E-state index in [2.05, 4.69) is 6.58 Å². The average molecular weight is 225 g/mol. The molecule has 0 saturated heterocycles. The summed E-state index contributed by atoms with van der Waals surface area (Å²) in [5.41, 5.74) is 1.48. The Labute approximate surface area is 101 Å². The molecule has 0 bridgehead atoms. The van der Waals surface area contributed by atoms with E-state index in [9.17, 15) is 5.11 Å². The molecule has 17 heavy (non-hydrogen) atoms. The van der Waals surface area contributed by atoms with Crippen LogP contribution < -0.4 is 4.74 Å². The topological polar surface area (TPSA) is 29.1 Å². The van der Waals surface area contributed by atoms with Crippen molar-refractivity contribution in [3.63, 3.8) is 0 Å². The molecule has 2 heteroatoms. The smallest absolute Gasteiger partial charge is 0.186 e. The quantitative estimate of drug-likeness (QED) is 0.721. The van der Waals surface area contributed by atoms with Crippen molar-refractivity contribution >= 4 is 0 Å². The minimum Gasteiger partial charge on any atom is -0.489 e. The lowest BCUT2D eigenvalue weighted by Gasteiger charge is -2.10. The number of ether oxygens (including phenoxy) is 1. The summed E-state index contributed by atoms with van der Waals surface area (Å²) in [4.78, 5) is 0. The maximum Gasteiger partial charge on any atom is 0.186 e. The zero-order valence-electron chi connectivity index (χ0n) is 9.43. The molecule has 0 fully saturated rings. The van der Waals surface area contributed by atoms with E-state index in [0.717, 1.165) is 5.56 Å². The second kappa shape index (κ2) is 5.21. The summed E-state index contributed by atoms with van der Waals surface area (Å²) in [5, 5.41) is 11.8. The van der Waals surface area contributed by atoms with Crippen molar-refractivity contribution in [2.75, 3.05) is 6.61 Å². The van der Waals surface area contributed by atoms with Crippen molar-refractivity contribution in [2.24, 2.45) is 0 Å². The molecule has 2 aromatic carbocycles. The fraction of sp³-hybridized carbons (Fsp3) is 0.0667. The highest BCUT2D eigenvalue weighted by molar-refractivity contribution is 5.75. The number of para-hydroxylation sites is 2. The molecule has 2 nitrogen and oxygen atoms in total. The molecule has 0 aliphatic rings. The molecule has 0 N–H and O–H groups in total. The third-order valence-electron chi connectivity index (χ3n) is 2.42. The van der Waals surface area contributed by atoms with Gasteiger partial charge in [-0.3, -0.25) is 5.11 Å². The van der Waals surface area contributed by atoms with Crippen LogP contribution in [-0.2, 0) is 5.11 Å². The highest BCUT2D eigenvalue weighted by Crippen LogP contribution is 2.35. The third kappa shape index (κ3) is 2.48. The van der Waals surface area contributed by atoms with Crippen LogP contribution in [0.4, 0.5) is 0 Å². The SMILES string of the molecule is C=CCOc1ccccc1-c1ccccc1[O]. The van der Waals surface area contributed by atoms with Crippen LogP contribution in [0.1, 0.15) is 0 Å². The minimum absolute atomic E-state index is 0.00199. The van der Waals surface area contributed by atoms with Crippen LogP contribution in [0.2, 0.25) is 0 Å². The standard InChI is InChI=1S/C15H13O2/c1-2-11-17-15-10-6-4-8-13(15)12-7-3-5-9-14(12)16/h2-10H,1,11H2. The molecular formula is C15H13O2. The fourth-order valence-electron chi connectivity index (χ4n) is 1.65. The summed E-state index contributed by atoms with van der Waals surface area (Å²) in [6.45, 7) is 4.04. The monoisotopic (exact) mass is 225 g/mol. The fourth-order valence-corrected chi connectivity index (χ4v) is 1.65. The van der Waals surface area contributed by atoms with Crippen molar-refractivity contribution in [3.8, 4) is 22.6 Å². The maximum absolute atomic E-state index is 11.8. The Hall–Kier alpha value is -2.22. The first kappa shape index (κ1) is 11.3. The van der Waals surface area contributed by atoms with Gasteiger partial charge in [-0.15, -0.1) is 0 Å². The molecule has 0 aliphatic carbocycles. The lowest BCUT2D eigenvalue weighted by molar-refractivity contribution is 0.353. The van der Waals surface area contributed by atoms with Gasteiger partial charge in [-0.05, 0) is 12.1 Å². The normalized spacial score (nSPS) is 9.88. The van der Waals surface area contributed by atoms with Gasteiger partial charge in [-0.1, -0.05) is 49.1 Å². The van der Waals surface area contributed by atoms with Gasteiger partial charge >= 0.3 is 0 Å². The summed E-state index contributed by atoms with van der Waals surface area (Å²) in [5.74, 6) is 0.706. The third-order valence-corrected chi connectivity index (χ3v) is 2.42. The Kier molecular flexibility index (Phi) is 3.46. The molecule has 0 saturated carbocycles. The molecule has 0 aromatic heterocycles. The highest BCUT2D eigenvalue weighted by Gasteiger charge is 2.09. The highest BCUT2D eigenvalue weighted by atomic mass is 16.5. The summed E-state index contributed by atoms with van der Waals surface area (Å²) >= 11 is 0. The summed E-state index contributed by atoms with van der Waals surface area (Å²) in [6.07, 6.45) is 1.68. The molecule has 2 aromatic rings. The van der Waals surface area contributed by atoms with Gasteiger partial charge in [0, 0.05) is 11.1 Å². The molecule has 1 radical (unpaired) electrons. The lowest BCUT2D eigenvalue weighted by Crippen LogP contribution is -1.94. The molecule has 0 amide bonds. The molecule has 0 atom stereocenters. The number of hydrogen-bond acceptors (Lipinski definition) is 1. The summed E-state index contributed by atoms with van der Waals surface area (Å²) in [7, 11) is 0. The van der Waals surface area contributed by atoms with E-state index in [1.165, 1.54) is 0 Å². The van der Waals surface area contributed by atoms with Crippen molar-refractivity contribution in [3.05, 3.63) is 61.2 Å². The first-order valence-corrected chi connectivity index (χ1v) is 5.42. The van der Waals surface area contributed by atoms with Crippen LogP contribution in [0.25, 0.3) is 11.1 Å². The first-order chi connectivity index (χ1) is 8.33. The largest absolute Gasteiger partial charge is 0.489 e. The number of hydrogen-bond donors (Lipinski definition) is 0. The van der Waals surface area contributed by atoms with Crippen LogP contribution in [-0.4, -0.2) is 6.61 Å². The molecule has 0 heterocycles. The Balaban J connectivity index is 2.44. The van der Waals surface area contributed by atoms with Gasteiger partial charge in [0.2, 0.25) is 0 Å². The Bertz CT molecular complexity index is 518. The Morgan fingerprint density at radius 3 is 2.35 bits per heavy atom.